The van der Waals surface area contributed by atoms with Crippen LogP contribution < -0.4 is 11.1 Å². The van der Waals surface area contributed by atoms with E-state index in [0.29, 0.717) is 5.82 Å². The monoisotopic (exact) mass is 279 g/mol. The van der Waals surface area contributed by atoms with E-state index in [1.54, 1.807) is 0 Å². The summed E-state index contributed by atoms with van der Waals surface area (Å²) in [6.45, 7) is 14.6. The molecule has 0 fully saturated rings. The van der Waals surface area contributed by atoms with Crippen molar-refractivity contribution < 1.29 is 0 Å². The van der Waals surface area contributed by atoms with Crippen LogP contribution in [0.15, 0.2) is 0 Å². The summed E-state index contributed by atoms with van der Waals surface area (Å²) in [6, 6.07) is 0. The van der Waals surface area contributed by atoms with Crippen LogP contribution >= 0.6 is 0 Å². The van der Waals surface area contributed by atoms with Gasteiger partial charge in [-0.05, 0) is 26.4 Å². The first kappa shape index (κ1) is 16.7. The Kier molecular flexibility index (Phi) is 6.71. The number of nitrogens with zero attached hydrogens (tertiary/aromatic N) is 3. The summed E-state index contributed by atoms with van der Waals surface area (Å²) in [5, 5.41) is 3.40. The summed E-state index contributed by atoms with van der Waals surface area (Å²) in [4.78, 5) is 11.3. The molecule has 0 aliphatic rings. The molecule has 5 heteroatoms. The van der Waals surface area contributed by atoms with Crippen molar-refractivity contribution in [1.82, 2.24) is 14.9 Å². The molecule has 0 unspecified atom stereocenters. The fourth-order valence-corrected chi connectivity index (χ4v) is 2.06. The van der Waals surface area contributed by atoms with E-state index in [2.05, 4.69) is 47.9 Å². The second-order valence-electron chi connectivity index (χ2n) is 5.46. The highest BCUT2D eigenvalue weighted by molar-refractivity contribution is 5.54. The molecule has 0 atom stereocenters. The van der Waals surface area contributed by atoms with Gasteiger partial charge in [-0.2, -0.15) is 0 Å². The summed E-state index contributed by atoms with van der Waals surface area (Å²) >= 11 is 0. The van der Waals surface area contributed by atoms with Crippen molar-refractivity contribution in [3.05, 3.63) is 11.4 Å². The third kappa shape index (κ3) is 4.63. The second kappa shape index (κ2) is 8.04. The summed E-state index contributed by atoms with van der Waals surface area (Å²) in [7, 11) is 0. The molecular formula is C15H29N5. The lowest BCUT2D eigenvalue weighted by Gasteiger charge is -2.20. The SMILES string of the molecule is CCCN(CC)CCNc1nc(C(C)C)nc(N)c1C. The topological polar surface area (TPSA) is 67.1 Å². The van der Waals surface area contributed by atoms with Gasteiger partial charge in [0, 0.05) is 24.6 Å². The molecule has 0 saturated heterocycles. The zero-order valence-corrected chi connectivity index (χ0v) is 13.5. The molecule has 114 valence electrons. The zero-order valence-electron chi connectivity index (χ0n) is 13.5. The molecule has 1 rings (SSSR count). The first-order valence-electron chi connectivity index (χ1n) is 7.59. The molecule has 1 aromatic rings. The predicted molar refractivity (Wildman–Crippen MR) is 86.2 cm³/mol. The normalized spacial score (nSPS) is 11.3. The zero-order chi connectivity index (χ0) is 15.1. The minimum Gasteiger partial charge on any atom is -0.383 e. The maximum absolute atomic E-state index is 5.96. The summed E-state index contributed by atoms with van der Waals surface area (Å²) < 4.78 is 0. The fourth-order valence-electron chi connectivity index (χ4n) is 2.06. The van der Waals surface area contributed by atoms with E-state index < -0.39 is 0 Å². The predicted octanol–water partition coefficient (Wildman–Crippen LogP) is 2.63. The molecule has 20 heavy (non-hydrogen) atoms. The highest BCUT2D eigenvalue weighted by atomic mass is 15.1. The Morgan fingerprint density at radius 1 is 1.20 bits per heavy atom. The number of rotatable bonds is 8. The van der Waals surface area contributed by atoms with Crippen LogP contribution in [0.3, 0.4) is 0 Å². The molecule has 0 amide bonds. The largest absolute Gasteiger partial charge is 0.383 e. The summed E-state index contributed by atoms with van der Waals surface area (Å²) in [6.07, 6.45) is 1.19. The van der Waals surface area contributed by atoms with Crippen molar-refractivity contribution in [2.24, 2.45) is 0 Å². The quantitative estimate of drug-likeness (QED) is 0.765. The molecule has 0 radical (unpaired) electrons. The number of nitrogen functional groups attached to an aromatic ring is 1. The van der Waals surface area contributed by atoms with Crippen molar-refractivity contribution in [3.8, 4) is 0 Å². The Balaban J connectivity index is 2.67. The van der Waals surface area contributed by atoms with E-state index in [9.17, 15) is 0 Å². The highest BCUT2D eigenvalue weighted by Gasteiger charge is 2.11. The van der Waals surface area contributed by atoms with Gasteiger partial charge in [-0.1, -0.05) is 27.7 Å². The Bertz CT molecular complexity index is 417. The van der Waals surface area contributed by atoms with Gasteiger partial charge in [0.15, 0.2) is 0 Å². The number of hydrogen-bond donors (Lipinski definition) is 2. The van der Waals surface area contributed by atoms with Crippen molar-refractivity contribution in [2.75, 3.05) is 37.2 Å². The average Bonchev–Trinajstić information content (AvgIpc) is 2.41. The number of hydrogen-bond acceptors (Lipinski definition) is 5. The number of anilines is 2. The molecular weight excluding hydrogens is 250 g/mol. The maximum atomic E-state index is 5.96. The molecule has 3 N–H and O–H groups in total. The lowest BCUT2D eigenvalue weighted by Crippen LogP contribution is -2.30. The number of nitrogens with two attached hydrogens (primary N) is 1. The molecule has 0 spiro atoms. The highest BCUT2D eigenvalue weighted by Crippen LogP contribution is 2.20. The minimum absolute atomic E-state index is 0.283. The molecule has 0 aliphatic carbocycles. The lowest BCUT2D eigenvalue weighted by atomic mass is 10.2. The van der Waals surface area contributed by atoms with Crippen LogP contribution in [0.5, 0.6) is 0 Å². The molecule has 0 saturated carbocycles. The number of aromatic nitrogens is 2. The maximum Gasteiger partial charge on any atom is 0.135 e. The van der Waals surface area contributed by atoms with Gasteiger partial charge < -0.3 is 16.0 Å². The van der Waals surface area contributed by atoms with Crippen LogP contribution in [0.4, 0.5) is 11.6 Å². The van der Waals surface area contributed by atoms with Crippen LogP contribution in [0.2, 0.25) is 0 Å². The Labute approximate surface area is 123 Å². The van der Waals surface area contributed by atoms with Gasteiger partial charge >= 0.3 is 0 Å². The summed E-state index contributed by atoms with van der Waals surface area (Å²) in [5.74, 6) is 2.53. The molecule has 5 nitrogen and oxygen atoms in total. The van der Waals surface area contributed by atoms with Gasteiger partial charge in [0.2, 0.25) is 0 Å². The van der Waals surface area contributed by atoms with E-state index in [4.69, 9.17) is 5.73 Å². The summed E-state index contributed by atoms with van der Waals surface area (Å²) in [5.41, 5.74) is 6.90. The van der Waals surface area contributed by atoms with E-state index in [1.807, 2.05) is 6.92 Å². The first-order chi connectivity index (χ1) is 9.49. The Hall–Kier alpha value is -1.36. The molecule has 0 aromatic carbocycles. The number of likely N-dealkylation sites (N-methyl/N-ethyl adjacent to an activating group) is 1. The van der Waals surface area contributed by atoms with Crippen molar-refractivity contribution >= 4 is 11.6 Å². The first-order valence-corrected chi connectivity index (χ1v) is 7.59. The second-order valence-corrected chi connectivity index (χ2v) is 5.46. The van der Waals surface area contributed by atoms with Gasteiger partial charge in [-0.15, -0.1) is 0 Å². The molecule has 1 aromatic heterocycles. The molecule has 1 heterocycles. The van der Waals surface area contributed by atoms with Crippen LogP contribution in [0.1, 0.15) is 51.4 Å². The molecule has 0 aliphatic heterocycles. The standard InChI is InChI=1S/C15H29N5/c1-6-9-20(7-2)10-8-17-15-12(5)13(16)18-14(19-15)11(3)4/h11H,6-10H2,1-5H3,(H3,16,17,18,19). The lowest BCUT2D eigenvalue weighted by molar-refractivity contribution is 0.300. The van der Waals surface area contributed by atoms with E-state index in [1.165, 1.54) is 6.42 Å². The number of nitrogens with one attached hydrogen (secondary N) is 1. The van der Waals surface area contributed by atoms with Gasteiger partial charge in [-0.3, -0.25) is 0 Å². The van der Waals surface area contributed by atoms with Gasteiger partial charge in [-0.25, -0.2) is 9.97 Å². The third-order valence-corrected chi connectivity index (χ3v) is 3.42. The van der Waals surface area contributed by atoms with Gasteiger partial charge in [0.25, 0.3) is 0 Å². The molecule has 0 bridgehead atoms. The van der Waals surface area contributed by atoms with Crippen molar-refractivity contribution in [2.45, 2.75) is 47.0 Å². The minimum atomic E-state index is 0.283. The van der Waals surface area contributed by atoms with E-state index >= 15 is 0 Å². The third-order valence-electron chi connectivity index (χ3n) is 3.42. The van der Waals surface area contributed by atoms with Crippen LogP contribution in [-0.2, 0) is 0 Å². The van der Waals surface area contributed by atoms with Crippen LogP contribution in [-0.4, -0.2) is 41.0 Å². The fraction of sp³-hybridized carbons (Fsp3) is 0.733. The van der Waals surface area contributed by atoms with Gasteiger partial charge in [0.1, 0.15) is 17.5 Å². The smallest absolute Gasteiger partial charge is 0.135 e. The van der Waals surface area contributed by atoms with Crippen LogP contribution in [0, 0.1) is 6.92 Å². The van der Waals surface area contributed by atoms with Crippen LogP contribution in [0.25, 0.3) is 0 Å². The van der Waals surface area contributed by atoms with E-state index in [0.717, 1.165) is 43.4 Å². The van der Waals surface area contributed by atoms with Crippen molar-refractivity contribution in [1.29, 1.82) is 0 Å². The average molecular weight is 279 g/mol. The van der Waals surface area contributed by atoms with E-state index in [-0.39, 0.29) is 5.92 Å². The Morgan fingerprint density at radius 3 is 2.45 bits per heavy atom. The van der Waals surface area contributed by atoms with Crippen molar-refractivity contribution in [3.63, 3.8) is 0 Å². The van der Waals surface area contributed by atoms with Gasteiger partial charge in [0.05, 0.1) is 0 Å². The Morgan fingerprint density at radius 2 is 1.90 bits per heavy atom.